The lowest BCUT2D eigenvalue weighted by Crippen LogP contribution is -2.22. The monoisotopic (exact) mass is 171 g/mol. The Morgan fingerprint density at radius 2 is 2.25 bits per heavy atom. The van der Waals surface area contributed by atoms with Gasteiger partial charge in [-0.1, -0.05) is 6.92 Å². The summed E-state index contributed by atoms with van der Waals surface area (Å²) in [5.74, 6) is 0. The van der Waals surface area contributed by atoms with Crippen LogP contribution in [0.2, 0.25) is 0 Å². The van der Waals surface area contributed by atoms with Crippen molar-refractivity contribution in [3.05, 3.63) is 0 Å². The van der Waals surface area contributed by atoms with Crippen LogP contribution in [0.4, 0.5) is 0 Å². The van der Waals surface area contributed by atoms with E-state index in [0.717, 1.165) is 32.0 Å². The largest absolute Gasteiger partial charge is 0.378 e. The molecule has 1 unspecified atom stereocenters. The second-order valence-electron chi connectivity index (χ2n) is 3.70. The summed E-state index contributed by atoms with van der Waals surface area (Å²) in [7, 11) is 0. The zero-order chi connectivity index (χ0) is 8.81. The van der Waals surface area contributed by atoms with Crippen LogP contribution in [0.3, 0.4) is 0 Å². The predicted octanol–water partition coefficient (Wildman–Crippen LogP) is 1.94. The molecule has 1 rings (SSSR count). The highest BCUT2D eigenvalue weighted by Crippen LogP contribution is 2.18. The summed E-state index contributed by atoms with van der Waals surface area (Å²) in [5, 5.41) is 3.48. The van der Waals surface area contributed by atoms with Gasteiger partial charge in [0.15, 0.2) is 0 Å². The van der Waals surface area contributed by atoms with E-state index in [4.69, 9.17) is 4.74 Å². The molecule has 0 aromatic rings. The predicted molar refractivity (Wildman–Crippen MR) is 51.3 cm³/mol. The zero-order valence-corrected chi connectivity index (χ0v) is 8.31. The first-order chi connectivity index (χ1) is 5.83. The lowest BCUT2D eigenvalue weighted by Gasteiger charge is -2.12. The average Bonchev–Trinajstić information content (AvgIpc) is 2.84. The molecule has 2 nitrogen and oxygen atoms in total. The Morgan fingerprint density at radius 3 is 2.83 bits per heavy atom. The number of ether oxygens (including phenoxy) is 1. The maximum Gasteiger partial charge on any atom is 0.0559 e. The van der Waals surface area contributed by atoms with Gasteiger partial charge in [-0.15, -0.1) is 0 Å². The number of rotatable bonds is 7. The topological polar surface area (TPSA) is 21.3 Å². The minimum Gasteiger partial charge on any atom is -0.378 e. The molecule has 0 amide bonds. The molecule has 0 aliphatic heterocycles. The smallest absolute Gasteiger partial charge is 0.0559 e. The Morgan fingerprint density at radius 1 is 1.50 bits per heavy atom. The lowest BCUT2D eigenvalue weighted by molar-refractivity contribution is 0.0609. The minimum absolute atomic E-state index is 0.427. The molecule has 72 valence electrons. The molecular weight excluding hydrogens is 150 g/mol. The summed E-state index contributed by atoms with van der Waals surface area (Å²) in [4.78, 5) is 0. The van der Waals surface area contributed by atoms with E-state index in [9.17, 15) is 0 Å². The molecule has 2 heteroatoms. The second-order valence-corrected chi connectivity index (χ2v) is 3.70. The lowest BCUT2D eigenvalue weighted by atomic mass is 10.3. The normalized spacial score (nSPS) is 19.5. The molecule has 1 N–H and O–H groups in total. The van der Waals surface area contributed by atoms with E-state index in [1.807, 2.05) is 0 Å². The quantitative estimate of drug-likeness (QED) is 0.632. The van der Waals surface area contributed by atoms with Gasteiger partial charge in [-0.05, 0) is 39.2 Å². The molecule has 0 spiro atoms. The van der Waals surface area contributed by atoms with Gasteiger partial charge >= 0.3 is 0 Å². The van der Waals surface area contributed by atoms with Crippen molar-refractivity contribution in [3.63, 3.8) is 0 Å². The van der Waals surface area contributed by atoms with E-state index in [0.29, 0.717) is 6.10 Å². The summed E-state index contributed by atoms with van der Waals surface area (Å²) in [6, 6.07) is 0.836. The van der Waals surface area contributed by atoms with Crippen molar-refractivity contribution in [2.75, 3.05) is 13.2 Å². The third-order valence-electron chi connectivity index (χ3n) is 2.17. The van der Waals surface area contributed by atoms with Crippen molar-refractivity contribution < 1.29 is 4.74 Å². The molecule has 0 radical (unpaired) electrons. The van der Waals surface area contributed by atoms with Gasteiger partial charge in [0.1, 0.15) is 0 Å². The van der Waals surface area contributed by atoms with Crippen molar-refractivity contribution >= 4 is 0 Å². The highest BCUT2D eigenvalue weighted by Gasteiger charge is 2.19. The fraction of sp³-hybridized carbons (Fsp3) is 1.00. The Labute approximate surface area is 75.7 Å². The SMILES string of the molecule is CCCOC(C)CCNC1CC1. The number of nitrogens with one attached hydrogen (secondary N) is 1. The van der Waals surface area contributed by atoms with Gasteiger partial charge < -0.3 is 10.1 Å². The third-order valence-corrected chi connectivity index (χ3v) is 2.17. The van der Waals surface area contributed by atoms with Gasteiger partial charge in [0.25, 0.3) is 0 Å². The van der Waals surface area contributed by atoms with E-state index in [2.05, 4.69) is 19.2 Å². The van der Waals surface area contributed by atoms with Gasteiger partial charge in [-0.2, -0.15) is 0 Å². The second kappa shape index (κ2) is 5.55. The molecule has 0 bridgehead atoms. The summed E-state index contributed by atoms with van der Waals surface area (Å²) in [6.07, 6.45) is 5.46. The summed E-state index contributed by atoms with van der Waals surface area (Å²) < 4.78 is 5.55. The zero-order valence-electron chi connectivity index (χ0n) is 8.31. The molecule has 0 aromatic carbocycles. The maximum absolute atomic E-state index is 5.55. The van der Waals surface area contributed by atoms with Crippen molar-refractivity contribution in [1.82, 2.24) is 5.32 Å². The molecular formula is C10H21NO. The third kappa shape index (κ3) is 4.73. The first-order valence-electron chi connectivity index (χ1n) is 5.18. The van der Waals surface area contributed by atoms with Crippen molar-refractivity contribution in [2.24, 2.45) is 0 Å². The molecule has 12 heavy (non-hydrogen) atoms. The summed E-state index contributed by atoms with van der Waals surface area (Å²) >= 11 is 0. The Balaban J connectivity index is 1.83. The van der Waals surface area contributed by atoms with Gasteiger partial charge in [0.2, 0.25) is 0 Å². The van der Waals surface area contributed by atoms with Crippen molar-refractivity contribution in [3.8, 4) is 0 Å². The minimum atomic E-state index is 0.427. The van der Waals surface area contributed by atoms with Crippen LogP contribution in [-0.4, -0.2) is 25.3 Å². The molecule has 1 saturated carbocycles. The Kier molecular flexibility index (Phi) is 4.62. The fourth-order valence-electron chi connectivity index (χ4n) is 1.18. The molecule has 0 aromatic heterocycles. The van der Waals surface area contributed by atoms with Gasteiger partial charge in [0, 0.05) is 12.6 Å². The van der Waals surface area contributed by atoms with Crippen LogP contribution in [0.5, 0.6) is 0 Å². The summed E-state index contributed by atoms with van der Waals surface area (Å²) in [6.45, 7) is 6.33. The van der Waals surface area contributed by atoms with Crippen LogP contribution < -0.4 is 5.32 Å². The van der Waals surface area contributed by atoms with E-state index >= 15 is 0 Å². The van der Waals surface area contributed by atoms with Gasteiger partial charge in [-0.25, -0.2) is 0 Å². The van der Waals surface area contributed by atoms with Crippen molar-refractivity contribution in [1.29, 1.82) is 0 Å². The van der Waals surface area contributed by atoms with Crippen LogP contribution >= 0.6 is 0 Å². The molecule has 0 heterocycles. The van der Waals surface area contributed by atoms with Crippen LogP contribution in [0.1, 0.15) is 39.5 Å². The standard InChI is InChI=1S/C10H21NO/c1-3-8-12-9(2)6-7-11-10-4-5-10/h9-11H,3-8H2,1-2H3. The van der Waals surface area contributed by atoms with E-state index in [-0.39, 0.29) is 0 Å². The highest BCUT2D eigenvalue weighted by molar-refractivity contribution is 4.80. The van der Waals surface area contributed by atoms with E-state index in [1.54, 1.807) is 0 Å². The number of hydrogen-bond acceptors (Lipinski definition) is 2. The molecule has 1 aliphatic rings. The Hall–Kier alpha value is -0.0800. The molecule has 0 saturated heterocycles. The summed E-state index contributed by atoms with van der Waals surface area (Å²) in [5.41, 5.74) is 0. The van der Waals surface area contributed by atoms with Crippen LogP contribution in [0.25, 0.3) is 0 Å². The highest BCUT2D eigenvalue weighted by atomic mass is 16.5. The van der Waals surface area contributed by atoms with Gasteiger partial charge in [0.05, 0.1) is 6.10 Å². The Bertz CT molecular complexity index is 112. The van der Waals surface area contributed by atoms with Crippen molar-refractivity contribution in [2.45, 2.75) is 51.7 Å². The first-order valence-corrected chi connectivity index (χ1v) is 5.18. The van der Waals surface area contributed by atoms with Crippen LogP contribution in [0, 0.1) is 0 Å². The first kappa shape index (κ1) is 10.0. The van der Waals surface area contributed by atoms with E-state index in [1.165, 1.54) is 12.8 Å². The number of hydrogen-bond donors (Lipinski definition) is 1. The fourth-order valence-corrected chi connectivity index (χ4v) is 1.18. The molecule has 1 atom stereocenters. The van der Waals surface area contributed by atoms with Crippen LogP contribution in [-0.2, 0) is 4.74 Å². The maximum atomic E-state index is 5.55. The average molecular weight is 171 g/mol. The molecule has 1 aliphatic carbocycles. The van der Waals surface area contributed by atoms with Crippen LogP contribution in [0.15, 0.2) is 0 Å². The van der Waals surface area contributed by atoms with Gasteiger partial charge in [-0.3, -0.25) is 0 Å². The molecule has 1 fully saturated rings. The van der Waals surface area contributed by atoms with E-state index < -0.39 is 0 Å².